The number of carbonyl (C=O) groups is 2. The molecule has 1 fully saturated rings. The molecule has 8 nitrogen and oxygen atoms in total. The number of aryl methyl sites for hydroxylation is 1. The minimum absolute atomic E-state index is 0.0602. The maximum Gasteiger partial charge on any atom is 0.272 e. The summed E-state index contributed by atoms with van der Waals surface area (Å²) < 4.78 is 46.8. The Bertz CT molecular complexity index is 1770. The topological polar surface area (TPSA) is 88.5 Å². The lowest BCUT2D eigenvalue weighted by atomic mass is 10.1. The molecule has 0 bridgehead atoms. The summed E-state index contributed by atoms with van der Waals surface area (Å²) >= 11 is 19.2. The highest BCUT2D eigenvalue weighted by Crippen LogP contribution is 2.33. The molecule has 2 N–H and O–H groups in total. The third-order valence-corrected chi connectivity index (χ3v) is 8.85. The Hall–Kier alpha value is -3.51. The van der Waals surface area contributed by atoms with Crippen LogP contribution in [0.4, 0.5) is 18.9 Å². The van der Waals surface area contributed by atoms with Crippen LogP contribution in [0.1, 0.15) is 40.2 Å². The third kappa shape index (κ3) is 7.33. The summed E-state index contributed by atoms with van der Waals surface area (Å²) in [6, 6.07) is 9.80. The van der Waals surface area contributed by atoms with Gasteiger partial charge in [-0.1, -0.05) is 40.9 Å². The second-order valence-corrected chi connectivity index (χ2v) is 11.9. The number of hydrogen-bond donors (Lipinski definition) is 2. The minimum Gasteiger partial charge on any atom is -0.487 e. The molecule has 1 saturated heterocycles. The number of likely N-dealkylation sites (tertiary alicyclic amines) is 1. The van der Waals surface area contributed by atoms with Crippen LogP contribution in [0.15, 0.2) is 42.5 Å². The Kier molecular flexibility index (Phi) is 10.1. The van der Waals surface area contributed by atoms with E-state index < -0.39 is 24.8 Å². The summed E-state index contributed by atoms with van der Waals surface area (Å²) in [6.07, 6.45) is -0.824. The summed E-state index contributed by atoms with van der Waals surface area (Å²) in [5.74, 6) is -0.994. The molecular weight excluding hydrogens is 654 g/mol. The van der Waals surface area contributed by atoms with E-state index in [2.05, 4.69) is 15.6 Å². The Balaban J connectivity index is 1.43. The van der Waals surface area contributed by atoms with Crippen LogP contribution < -0.4 is 15.4 Å². The van der Waals surface area contributed by atoms with Gasteiger partial charge < -0.3 is 19.9 Å². The molecule has 5 rings (SSSR count). The van der Waals surface area contributed by atoms with Gasteiger partial charge >= 0.3 is 0 Å². The minimum atomic E-state index is -2.78. The van der Waals surface area contributed by atoms with Gasteiger partial charge in [0.1, 0.15) is 24.0 Å². The molecule has 3 aromatic carbocycles. The van der Waals surface area contributed by atoms with Crippen molar-refractivity contribution < 1.29 is 27.5 Å². The first-order valence-corrected chi connectivity index (χ1v) is 15.2. The highest BCUT2D eigenvalue weighted by molar-refractivity contribution is 6.36. The maximum absolute atomic E-state index is 13.6. The molecule has 14 heteroatoms. The van der Waals surface area contributed by atoms with Gasteiger partial charge in [0.05, 0.1) is 32.7 Å². The number of nitrogens with zero attached hydrogens (tertiary/aromatic N) is 3. The van der Waals surface area contributed by atoms with Crippen LogP contribution in [0.3, 0.4) is 0 Å². The van der Waals surface area contributed by atoms with Gasteiger partial charge in [-0.25, -0.2) is 18.2 Å². The van der Waals surface area contributed by atoms with Crippen molar-refractivity contribution in [3.63, 3.8) is 0 Å². The van der Waals surface area contributed by atoms with E-state index in [0.29, 0.717) is 38.0 Å². The molecule has 1 aliphatic rings. The van der Waals surface area contributed by atoms with Crippen molar-refractivity contribution in [2.24, 2.45) is 7.05 Å². The molecule has 0 aliphatic carbocycles. The van der Waals surface area contributed by atoms with Crippen LogP contribution in [0.2, 0.25) is 15.1 Å². The highest BCUT2D eigenvalue weighted by atomic mass is 35.5. The quantitative estimate of drug-likeness (QED) is 0.191. The number of rotatable bonds is 10. The fourth-order valence-electron chi connectivity index (χ4n) is 5.29. The monoisotopic (exact) mass is 681 g/mol. The van der Waals surface area contributed by atoms with Crippen molar-refractivity contribution in [1.82, 2.24) is 19.8 Å². The molecular formula is C31H29Cl3F3N5O3. The Labute approximate surface area is 272 Å². The zero-order valence-corrected chi connectivity index (χ0v) is 26.5. The predicted molar refractivity (Wildman–Crippen MR) is 168 cm³/mol. The van der Waals surface area contributed by atoms with Crippen molar-refractivity contribution in [3.8, 4) is 5.75 Å². The van der Waals surface area contributed by atoms with Gasteiger partial charge in [0.25, 0.3) is 12.3 Å². The van der Waals surface area contributed by atoms with E-state index in [1.54, 1.807) is 23.7 Å². The average molecular weight is 683 g/mol. The average Bonchev–Trinajstić information content (AvgIpc) is 3.56. The molecule has 0 unspecified atom stereocenters. The number of aromatic nitrogens is 2. The standard InChI is InChI=1S/C31H29Cl3F3N5O3/c1-41-9-3-4-24(41)31(44)38-14-16-5-7-20(32)18(29(16)34)12-28-40-23-11-19(26(45-15-27(36)37)13-25(23)42(28)2)30(43)39-17-6-8-22(35)21(33)10-17/h5-8,10-11,13,24,27H,3-4,9,12,14-15H2,1-2H3,(H,38,44)(H,39,43)/t24-/m0/s1. The van der Waals surface area contributed by atoms with Gasteiger partial charge in [-0.05, 0) is 67.9 Å². The van der Waals surface area contributed by atoms with Crippen molar-refractivity contribution >= 4 is 63.3 Å². The molecule has 0 spiro atoms. The lowest BCUT2D eigenvalue weighted by Crippen LogP contribution is -2.41. The van der Waals surface area contributed by atoms with Crippen molar-refractivity contribution in [3.05, 3.63) is 85.9 Å². The molecule has 0 radical (unpaired) electrons. The van der Waals surface area contributed by atoms with Gasteiger partial charge in [0.2, 0.25) is 5.91 Å². The lowest BCUT2D eigenvalue weighted by Gasteiger charge is -2.19. The number of alkyl halides is 2. The van der Waals surface area contributed by atoms with Crippen molar-refractivity contribution in [2.45, 2.75) is 38.3 Å². The van der Waals surface area contributed by atoms with E-state index in [0.717, 1.165) is 25.5 Å². The van der Waals surface area contributed by atoms with E-state index in [9.17, 15) is 22.8 Å². The predicted octanol–water partition coefficient (Wildman–Crippen LogP) is 6.87. The van der Waals surface area contributed by atoms with Crippen molar-refractivity contribution in [2.75, 3.05) is 25.5 Å². The second kappa shape index (κ2) is 13.9. The fraction of sp³-hybridized carbons (Fsp3) is 0.323. The second-order valence-electron chi connectivity index (χ2n) is 10.7. The molecule has 4 aromatic rings. The lowest BCUT2D eigenvalue weighted by molar-refractivity contribution is -0.125. The summed E-state index contributed by atoms with van der Waals surface area (Å²) in [7, 11) is 3.65. The molecule has 0 saturated carbocycles. The van der Waals surface area contributed by atoms with Gasteiger partial charge in [-0.2, -0.15) is 0 Å². The number of nitrogens with one attached hydrogen (secondary N) is 2. The number of halogens is 6. The number of anilines is 1. The van der Waals surface area contributed by atoms with Crippen LogP contribution in [0.5, 0.6) is 5.75 Å². The molecule has 1 aliphatic heterocycles. The van der Waals surface area contributed by atoms with Crippen LogP contribution in [-0.4, -0.2) is 58.9 Å². The summed E-state index contributed by atoms with van der Waals surface area (Å²) in [5.41, 5.74) is 2.30. The Morgan fingerprint density at radius 1 is 1.09 bits per heavy atom. The number of fused-ring (bicyclic) bond motifs is 1. The van der Waals surface area contributed by atoms with E-state index in [4.69, 9.17) is 39.5 Å². The molecule has 2 heterocycles. The number of ether oxygens (including phenoxy) is 1. The smallest absolute Gasteiger partial charge is 0.272 e. The summed E-state index contributed by atoms with van der Waals surface area (Å²) in [6.45, 7) is 0.152. The maximum atomic E-state index is 13.6. The summed E-state index contributed by atoms with van der Waals surface area (Å²) in [5, 5.41) is 6.13. The Morgan fingerprint density at radius 2 is 1.87 bits per heavy atom. The number of carbonyl (C=O) groups excluding carboxylic acids is 2. The number of amides is 2. The fourth-order valence-corrected chi connectivity index (χ4v) is 6.05. The van der Waals surface area contributed by atoms with Crippen LogP contribution in [0.25, 0.3) is 11.0 Å². The van der Waals surface area contributed by atoms with Gasteiger partial charge in [-0.15, -0.1) is 0 Å². The number of hydrogen-bond acceptors (Lipinski definition) is 5. The molecule has 238 valence electrons. The number of benzene rings is 3. The largest absolute Gasteiger partial charge is 0.487 e. The van der Waals surface area contributed by atoms with Gasteiger partial charge in [0.15, 0.2) is 0 Å². The van der Waals surface area contributed by atoms with E-state index in [1.165, 1.54) is 24.3 Å². The number of likely N-dealkylation sites (N-methyl/N-ethyl adjacent to an activating group) is 1. The molecule has 1 atom stereocenters. The van der Waals surface area contributed by atoms with E-state index in [1.807, 2.05) is 11.9 Å². The van der Waals surface area contributed by atoms with E-state index in [-0.39, 0.29) is 46.9 Å². The Morgan fingerprint density at radius 3 is 2.56 bits per heavy atom. The third-order valence-electron chi connectivity index (χ3n) is 7.74. The van der Waals surface area contributed by atoms with Gasteiger partial charge in [-0.3, -0.25) is 14.5 Å². The van der Waals surface area contributed by atoms with E-state index >= 15 is 0 Å². The first kappa shape index (κ1) is 32.9. The van der Waals surface area contributed by atoms with Crippen molar-refractivity contribution in [1.29, 1.82) is 0 Å². The normalized spacial score (nSPS) is 15.2. The first-order chi connectivity index (χ1) is 21.4. The van der Waals surface area contributed by atoms with Crippen LogP contribution >= 0.6 is 34.8 Å². The summed E-state index contributed by atoms with van der Waals surface area (Å²) in [4.78, 5) is 32.6. The zero-order chi connectivity index (χ0) is 32.4. The van der Waals surface area contributed by atoms with Crippen LogP contribution in [0, 0.1) is 5.82 Å². The highest BCUT2D eigenvalue weighted by Gasteiger charge is 2.28. The van der Waals surface area contributed by atoms with Gasteiger partial charge in [0, 0.05) is 36.8 Å². The molecule has 45 heavy (non-hydrogen) atoms. The molecule has 1 aromatic heterocycles. The zero-order valence-electron chi connectivity index (χ0n) is 24.3. The van der Waals surface area contributed by atoms with Crippen LogP contribution in [-0.2, 0) is 24.8 Å². The molecule has 2 amide bonds. The SMILES string of the molecule is CN1CCC[C@H]1C(=O)NCc1ccc(Cl)c(Cc2nc3cc(C(=O)Nc4ccc(F)c(Cl)c4)c(OCC(F)F)cc3n2C)c1Cl. The first-order valence-electron chi connectivity index (χ1n) is 14.0. The number of imidazole rings is 1.